The highest BCUT2D eigenvalue weighted by Crippen LogP contribution is 2.26. The van der Waals surface area contributed by atoms with Gasteiger partial charge < -0.3 is 9.80 Å². The zero-order valence-corrected chi connectivity index (χ0v) is 13.5. The summed E-state index contributed by atoms with van der Waals surface area (Å²) in [6.45, 7) is 6.02. The highest BCUT2D eigenvalue weighted by molar-refractivity contribution is 5.88. The van der Waals surface area contributed by atoms with E-state index in [1.165, 1.54) is 0 Å². The molecule has 3 heterocycles. The minimum Gasteiger partial charge on any atom is -0.353 e. The Morgan fingerprint density at radius 1 is 0.957 bits per heavy atom. The van der Waals surface area contributed by atoms with Gasteiger partial charge in [0.05, 0.1) is 17.3 Å². The summed E-state index contributed by atoms with van der Waals surface area (Å²) < 4.78 is 1.89. The molecule has 0 unspecified atom stereocenters. The third-order valence-electron chi connectivity index (χ3n) is 4.32. The number of anilines is 1. The van der Waals surface area contributed by atoms with E-state index < -0.39 is 0 Å². The fourth-order valence-electron chi connectivity index (χ4n) is 3.02. The highest BCUT2D eigenvalue weighted by atomic mass is 15.3. The van der Waals surface area contributed by atoms with Crippen molar-refractivity contribution in [1.82, 2.24) is 24.6 Å². The number of benzene rings is 1. The van der Waals surface area contributed by atoms with Crippen LogP contribution in [0.1, 0.15) is 5.82 Å². The van der Waals surface area contributed by atoms with Gasteiger partial charge in [-0.15, -0.1) is 0 Å². The van der Waals surface area contributed by atoms with Crippen LogP contribution in [0, 0.1) is 6.92 Å². The van der Waals surface area contributed by atoms with Crippen LogP contribution in [0.4, 0.5) is 5.82 Å². The largest absolute Gasteiger partial charge is 0.353 e. The average Bonchev–Trinajstić information content (AvgIpc) is 2.99. The Morgan fingerprint density at radius 2 is 1.70 bits per heavy atom. The lowest BCUT2D eigenvalue weighted by Gasteiger charge is -2.33. The van der Waals surface area contributed by atoms with Gasteiger partial charge in [-0.05, 0) is 26.1 Å². The number of hydrogen-bond acceptors (Lipinski definition) is 5. The van der Waals surface area contributed by atoms with Crippen molar-refractivity contribution in [2.45, 2.75) is 6.92 Å². The van der Waals surface area contributed by atoms with Crippen molar-refractivity contribution in [3.8, 4) is 5.69 Å². The van der Waals surface area contributed by atoms with Gasteiger partial charge in [0.1, 0.15) is 11.6 Å². The molecule has 118 valence electrons. The van der Waals surface area contributed by atoms with Gasteiger partial charge in [0.15, 0.2) is 5.65 Å². The van der Waals surface area contributed by atoms with Crippen molar-refractivity contribution >= 4 is 16.9 Å². The van der Waals surface area contributed by atoms with Crippen LogP contribution in [0.25, 0.3) is 16.7 Å². The summed E-state index contributed by atoms with van der Waals surface area (Å²) in [6.07, 6.45) is 1.88. The zero-order chi connectivity index (χ0) is 15.8. The average molecular weight is 308 g/mol. The lowest BCUT2D eigenvalue weighted by molar-refractivity contribution is 0.312. The monoisotopic (exact) mass is 308 g/mol. The Morgan fingerprint density at radius 3 is 2.43 bits per heavy atom. The molecule has 0 atom stereocenters. The van der Waals surface area contributed by atoms with E-state index in [9.17, 15) is 0 Å². The molecule has 1 aliphatic rings. The third kappa shape index (κ3) is 2.55. The van der Waals surface area contributed by atoms with Gasteiger partial charge >= 0.3 is 0 Å². The summed E-state index contributed by atoms with van der Waals surface area (Å²) in [5, 5.41) is 5.57. The minimum absolute atomic E-state index is 0.782. The van der Waals surface area contributed by atoms with Crippen LogP contribution < -0.4 is 4.90 Å². The summed E-state index contributed by atoms with van der Waals surface area (Å²) in [6, 6.07) is 10.1. The molecule has 0 spiro atoms. The number of hydrogen-bond donors (Lipinski definition) is 0. The maximum absolute atomic E-state index is 4.70. The molecule has 0 radical (unpaired) electrons. The standard InChI is InChI=1S/C17H20N6/c1-13-19-16(22-10-8-21(2)9-11-22)15-12-18-23(17(15)20-13)14-6-4-3-5-7-14/h3-7,12H,8-11H2,1-2H3. The van der Waals surface area contributed by atoms with Gasteiger partial charge in [-0.1, -0.05) is 18.2 Å². The van der Waals surface area contributed by atoms with E-state index in [0.717, 1.165) is 54.5 Å². The minimum atomic E-state index is 0.782. The quantitative estimate of drug-likeness (QED) is 0.723. The van der Waals surface area contributed by atoms with E-state index in [-0.39, 0.29) is 0 Å². The number of para-hydroxylation sites is 1. The van der Waals surface area contributed by atoms with Crippen molar-refractivity contribution < 1.29 is 0 Å². The number of aryl methyl sites for hydroxylation is 1. The van der Waals surface area contributed by atoms with Crippen LogP contribution in [0.15, 0.2) is 36.5 Å². The molecule has 0 amide bonds. The van der Waals surface area contributed by atoms with Crippen molar-refractivity contribution in [2.75, 3.05) is 38.1 Å². The molecule has 0 bridgehead atoms. The Kier molecular flexibility index (Phi) is 3.46. The molecule has 2 aromatic heterocycles. The number of rotatable bonds is 2. The molecule has 1 saturated heterocycles. The van der Waals surface area contributed by atoms with Crippen molar-refractivity contribution in [3.63, 3.8) is 0 Å². The molecule has 23 heavy (non-hydrogen) atoms. The Bertz CT molecular complexity index is 818. The second kappa shape index (κ2) is 5.62. The van der Waals surface area contributed by atoms with Gasteiger partial charge in [0.25, 0.3) is 0 Å². The molecule has 1 aromatic carbocycles. The van der Waals surface area contributed by atoms with Gasteiger partial charge in [-0.25, -0.2) is 14.6 Å². The first kappa shape index (κ1) is 14.1. The smallest absolute Gasteiger partial charge is 0.168 e. The molecule has 4 rings (SSSR count). The van der Waals surface area contributed by atoms with Crippen LogP contribution >= 0.6 is 0 Å². The maximum Gasteiger partial charge on any atom is 0.168 e. The third-order valence-corrected chi connectivity index (χ3v) is 4.32. The first-order chi connectivity index (χ1) is 11.2. The summed E-state index contributed by atoms with van der Waals surface area (Å²) in [7, 11) is 2.16. The van der Waals surface area contributed by atoms with Crippen LogP contribution in [-0.2, 0) is 0 Å². The number of nitrogens with zero attached hydrogens (tertiary/aromatic N) is 6. The molecule has 6 heteroatoms. The Hall–Kier alpha value is -2.47. The van der Waals surface area contributed by atoms with Crippen molar-refractivity contribution in [2.24, 2.45) is 0 Å². The second-order valence-corrected chi connectivity index (χ2v) is 6.01. The number of piperazine rings is 1. The van der Waals surface area contributed by atoms with E-state index in [1.807, 2.05) is 48.1 Å². The van der Waals surface area contributed by atoms with Gasteiger partial charge in [-0.3, -0.25) is 0 Å². The van der Waals surface area contributed by atoms with E-state index in [2.05, 4.69) is 26.9 Å². The Labute approximate surface area is 135 Å². The van der Waals surface area contributed by atoms with E-state index >= 15 is 0 Å². The molecule has 6 nitrogen and oxygen atoms in total. The normalized spacial score (nSPS) is 16.2. The van der Waals surface area contributed by atoms with Crippen molar-refractivity contribution in [1.29, 1.82) is 0 Å². The van der Waals surface area contributed by atoms with Crippen LogP contribution in [0.5, 0.6) is 0 Å². The van der Waals surface area contributed by atoms with Crippen LogP contribution in [-0.4, -0.2) is 57.9 Å². The predicted octanol–water partition coefficient (Wildman–Crippen LogP) is 1.88. The summed E-state index contributed by atoms with van der Waals surface area (Å²) >= 11 is 0. The molecule has 0 saturated carbocycles. The fraction of sp³-hybridized carbons (Fsp3) is 0.353. The fourth-order valence-corrected chi connectivity index (χ4v) is 3.02. The van der Waals surface area contributed by atoms with Gasteiger partial charge in [-0.2, -0.15) is 5.10 Å². The molecule has 0 N–H and O–H groups in total. The second-order valence-electron chi connectivity index (χ2n) is 6.01. The van der Waals surface area contributed by atoms with Gasteiger partial charge in [0.2, 0.25) is 0 Å². The molecule has 0 aliphatic carbocycles. The predicted molar refractivity (Wildman–Crippen MR) is 91.1 cm³/mol. The molecule has 1 aliphatic heterocycles. The topological polar surface area (TPSA) is 50.1 Å². The van der Waals surface area contributed by atoms with Crippen LogP contribution in [0.2, 0.25) is 0 Å². The molecule has 3 aromatic rings. The lowest BCUT2D eigenvalue weighted by Crippen LogP contribution is -2.45. The number of fused-ring (bicyclic) bond motifs is 1. The van der Waals surface area contributed by atoms with E-state index in [0.29, 0.717) is 0 Å². The highest BCUT2D eigenvalue weighted by Gasteiger charge is 2.20. The molecule has 1 fully saturated rings. The summed E-state index contributed by atoms with van der Waals surface area (Å²) in [4.78, 5) is 14.0. The summed E-state index contributed by atoms with van der Waals surface area (Å²) in [5.41, 5.74) is 1.89. The number of likely N-dealkylation sites (N-methyl/N-ethyl adjacent to an activating group) is 1. The van der Waals surface area contributed by atoms with E-state index in [1.54, 1.807) is 0 Å². The van der Waals surface area contributed by atoms with E-state index in [4.69, 9.17) is 4.98 Å². The molecular weight excluding hydrogens is 288 g/mol. The van der Waals surface area contributed by atoms with Crippen LogP contribution in [0.3, 0.4) is 0 Å². The number of aromatic nitrogens is 4. The zero-order valence-electron chi connectivity index (χ0n) is 13.5. The SMILES string of the molecule is Cc1nc(N2CCN(C)CC2)c2cnn(-c3ccccc3)c2n1. The first-order valence-corrected chi connectivity index (χ1v) is 7.93. The summed E-state index contributed by atoms with van der Waals surface area (Å²) in [5.74, 6) is 1.78. The maximum atomic E-state index is 4.70. The van der Waals surface area contributed by atoms with Crippen molar-refractivity contribution in [3.05, 3.63) is 42.4 Å². The lowest BCUT2D eigenvalue weighted by atomic mass is 10.3. The first-order valence-electron chi connectivity index (χ1n) is 7.93. The van der Waals surface area contributed by atoms with Gasteiger partial charge in [0, 0.05) is 26.2 Å². The Balaban J connectivity index is 1.82. The molecular formula is C17H20N6.